The molecule has 2 N–H and O–H groups in total. The number of nitrogens with one attached hydrogen (secondary N) is 2. The zero-order chi connectivity index (χ0) is 22.2. The first-order chi connectivity index (χ1) is 15.5. The average molecular weight is 434 g/mol. The maximum atomic E-state index is 13.8. The number of morpholine rings is 1. The van der Waals surface area contributed by atoms with E-state index >= 15 is 0 Å². The molecule has 0 spiro atoms. The standard InChI is InChI=1S/C25H31N5O2/c1-16-15-32-17(2)13-29(16)21-9-10-22-23(12-21)30(14-19-4-3-11-27-24(19)28-22)25(31)18-5-7-20(26)8-6-18/h3-4,9-12,16-18,26H,5-8,13-15H2,1-2H3,(H,27,28)/t16-,17?,18?/m0/s1. The molecule has 7 nitrogen and oxygen atoms in total. The van der Waals surface area contributed by atoms with Crippen molar-refractivity contribution in [2.75, 3.05) is 28.3 Å². The molecule has 1 aliphatic carbocycles. The lowest BCUT2D eigenvalue weighted by molar-refractivity contribution is -0.123. The molecule has 2 aromatic rings. The van der Waals surface area contributed by atoms with Crippen LogP contribution < -0.4 is 15.1 Å². The van der Waals surface area contributed by atoms with Gasteiger partial charge >= 0.3 is 0 Å². The Kier molecular flexibility index (Phi) is 5.59. The molecule has 2 atom stereocenters. The van der Waals surface area contributed by atoms with E-state index in [-0.39, 0.29) is 24.0 Å². The number of benzene rings is 1. The van der Waals surface area contributed by atoms with Gasteiger partial charge in [-0.3, -0.25) is 4.79 Å². The lowest BCUT2D eigenvalue weighted by atomic mass is 9.87. The van der Waals surface area contributed by atoms with Crippen LogP contribution in [0.2, 0.25) is 0 Å². The van der Waals surface area contributed by atoms with Crippen molar-refractivity contribution in [2.45, 2.75) is 58.2 Å². The number of fused-ring (bicyclic) bond motifs is 2. The van der Waals surface area contributed by atoms with Crippen LogP contribution in [-0.2, 0) is 16.1 Å². The number of pyridine rings is 1. The molecule has 2 aliphatic heterocycles. The first-order valence-electron chi connectivity index (χ1n) is 11.6. The van der Waals surface area contributed by atoms with E-state index in [4.69, 9.17) is 10.1 Å². The van der Waals surface area contributed by atoms with Gasteiger partial charge in [-0.1, -0.05) is 6.07 Å². The molecule has 1 aromatic heterocycles. The van der Waals surface area contributed by atoms with Gasteiger partial charge in [0.05, 0.1) is 30.6 Å². The molecular weight excluding hydrogens is 402 g/mol. The van der Waals surface area contributed by atoms with E-state index in [0.29, 0.717) is 13.2 Å². The van der Waals surface area contributed by atoms with Crippen molar-refractivity contribution < 1.29 is 9.53 Å². The SMILES string of the molecule is CC1CN(c2ccc3c(c2)N(C(=O)C2CCC(=N)CC2)Cc2cccnc2N3)[C@@H](C)CO1. The summed E-state index contributed by atoms with van der Waals surface area (Å²) in [5.74, 6) is 0.912. The van der Waals surface area contributed by atoms with Gasteiger partial charge in [0.25, 0.3) is 0 Å². The zero-order valence-corrected chi connectivity index (χ0v) is 18.8. The van der Waals surface area contributed by atoms with Crippen LogP contribution in [0.1, 0.15) is 45.1 Å². The highest BCUT2D eigenvalue weighted by molar-refractivity contribution is 6.01. The average Bonchev–Trinajstić information content (AvgIpc) is 2.97. The quantitative estimate of drug-likeness (QED) is 0.729. The highest BCUT2D eigenvalue weighted by atomic mass is 16.5. The molecule has 3 aliphatic rings. The second-order valence-electron chi connectivity index (χ2n) is 9.29. The summed E-state index contributed by atoms with van der Waals surface area (Å²) in [6.07, 6.45) is 4.91. The number of carbonyl (C=O) groups is 1. The van der Waals surface area contributed by atoms with E-state index in [1.165, 1.54) is 0 Å². The minimum absolute atomic E-state index is 0.0406. The molecular formula is C25H31N5O2. The summed E-state index contributed by atoms with van der Waals surface area (Å²) < 4.78 is 5.82. The van der Waals surface area contributed by atoms with Gasteiger partial charge in [0, 0.05) is 41.7 Å². The summed E-state index contributed by atoms with van der Waals surface area (Å²) in [6, 6.07) is 10.6. The fourth-order valence-electron chi connectivity index (χ4n) is 4.98. The van der Waals surface area contributed by atoms with Crippen LogP contribution >= 0.6 is 0 Å². The number of carbonyl (C=O) groups excluding carboxylic acids is 1. The van der Waals surface area contributed by atoms with Crippen molar-refractivity contribution in [3.8, 4) is 0 Å². The fourth-order valence-corrected chi connectivity index (χ4v) is 4.98. The number of amides is 1. The Balaban J connectivity index is 1.53. The number of aromatic nitrogens is 1. The predicted octanol–water partition coefficient (Wildman–Crippen LogP) is 4.50. The summed E-state index contributed by atoms with van der Waals surface area (Å²) in [5.41, 5.74) is 4.68. The number of rotatable bonds is 2. The zero-order valence-electron chi connectivity index (χ0n) is 18.8. The van der Waals surface area contributed by atoms with Crippen LogP contribution in [0.25, 0.3) is 0 Å². The molecule has 1 saturated heterocycles. The topological polar surface area (TPSA) is 81.6 Å². The minimum atomic E-state index is -0.0406. The maximum Gasteiger partial charge on any atom is 0.230 e. The number of nitrogens with zero attached hydrogens (tertiary/aromatic N) is 3. The summed E-state index contributed by atoms with van der Waals surface area (Å²) in [6.45, 7) is 6.29. The van der Waals surface area contributed by atoms with Crippen molar-refractivity contribution in [1.29, 1.82) is 5.41 Å². The normalized spacial score (nSPS) is 25.4. The third kappa shape index (κ3) is 3.97. The minimum Gasteiger partial charge on any atom is -0.375 e. The van der Waals surface area contributed by atoms with Gasteiger partial charge in [0.1, 0.15) is 5.82 Å². The summed E-state index contributed by atoms with van der Waals surface area (Å²) in [7, 11) is 0. The van der Waals surface area contributed by atoms with Crippen molar-refractivity contribution in [3.05, 3.63) is 42.1 Å². The van der Waals surface area contributed by atoms with E-state index in [2.05, 4.69) is 47.2 Å². The highest BCUT2D eigenvalue weighted by Crippen LogP contribution is 2.40. The lowest BCUT2D eigenvalue weighted by Crippen LogP contribution is -2.47. The predicted molar refractivity (Wildman–Crippen MR) is 127 cm³/mol. The summed E-state index contributed by atoms with van der Waals surface area (Å²) in [5, 5.41) is 11.4. The van der Waals surface area contributed by atoms with Crippen LogP contribution in [-0.4, -0.2) is 41.9 Å². The molecule has 1 amide bonds. The third-order valence-electron chi connectivity index (χ3n) is 6.89. The van der Waals surface area contributed by atoms with Gasteiger partial charge in [-0.25, -0.2) is 4.98 Å². The second-order valence-corrected chi connectivity index (χ2v) is 9.29. The first kappa shape index (κ1) is 20.9. The molecule has 1 aromatic carbocycles. The highest BCUT2D eigenvalue weighted by Gasteiger charge is 2.33. The van der Waals surface area contributed by atoms with Crippen LogP contribution in [0.3, 0.4) is 0 Å². The Bertz CT molecular complexity index is 1030. The largest absolute Gasteiger partial charge is 0.375 e. The Morgan fingerprint density at radius 3 is 2.84 bits per heavy atom. The number of hydrogen-bond donors (Lipinski definition) is 2. The molecule has 2 fully saturated rings. The van der Waals surface area contributed by atoms with Crippen molar-refractivity contribution in [3.63, 3.8) is 0 Å². The van der Waals surface area contributed by atoms with Gasteiger partial charge in [-0.2, -0.15) is 0 Å². The fraction of sp³-hybridized carbons (Fsp3) is 0.480. The van der Waals surface area contributed by atoms with E-state index in [1.807, 2.05) is 17.0 Å². The molecule has 1 saturated carbocycles. The molecule has 7 heteroatoms. The van der Waals surface area contributed by atoms with Crippen molar-refractivity contribution in [1.82, 2.24) is 4.98 Å². The number of ether oxygens (including phenoxy) is 1. The van der Waals surface area contributed by atoms with Gasteiger partial charge in [0.15, 0.2) is 0 Å². The molecule has 3 heterocycles. The Morgan fingerprint density at radius 2 is 2.03 bits per heavy atom. The van der Waals surface area contributed by atoms with Gasteiger partial charge < -0.3 is 25.3 Å². The summed E-state index contributed by atoms with van der Waals surface area (Å²) in [4.78, 5) is 22.6. The van der Waals surface area contributed by atoms with Crippen LogP contribution in [0.15, 0.2) is 36.5 Å². The van der Waals surface area contributed by atoms with E-state index in [9.17, 15) is 4.79 Å². The van der Waals surface area contributed by atoms with Gasteiger partial charge in [0.2, 0.25) is 5.91 Å². The van der Waals surface area contributed by atoms with Gasteiger partial charge in [-0.05, 0) is 63.8 Å². The monoisotopic (exact) mass is 433 g/mol. The molecule has 168 valence electrons. The first-order valence-corrected chi connectivity index (χ1v) is 11.6. The van der Waals surface area contributed by atoms with Crippen molar-refractivity contribution >= 4 is 34.5 Å². The molecule has 0 bridgehead atoms. The molecule has 5 rings (SSSR count). The van der Waals surface area contributed by atoms with Crippen LogP contribution in [0.4, 0.5) is 22.9 Å². The number of hydrogen-bond acceptors (Lipinski definition) is 6. The molecule has 32 heavy (non-hydrogen) atoms. The smallest absolute Gasteiger partial charge is 0.230 e. The second kappa shape index (κ2) is 8.54. The third-order valence-corrected chi connectivity index (χ3v) is 6.89. The maximum absolute atomic E-state index is 13.8. The van der Waals surface area contributed by atoms with E-state index in [0.717, 1.165) is 66.4 Å². The molecule has 0 radical (unpaired) electrons. The molecule has 1 unspecified atom stereocenters. The summed E-state index contributed by atoms with van der Waals surface area (Å²) >= 11 is 0. The lowest BCUT2D eigenvalue weighted by Gasteiger charge is -2.39. The van der Waals surface area contributed by atoms with E-state index < -0.39 is 0 Å². The Labute approximate surface area is 189 Å². The van der Waals surface area contributed by atoms with E-state index in [1.54, 1.807) is 6.20 Å². The Hall–Kier alpha value is -2.93. The van der Waals surface area contributed by atoms with Crippen molar-refractivity contribution in [2.24, 2.45) is 5.92 Å². The van der Waals surface area contributed by atoms with Crippen LogP contribution in [0, 0.1) is 11.3 Å². The Morgan fingerprint density at radius 1 is 1.22 bits per heavy atom. The van der Waals surface area contributed by atoms with Gasteiger partial charge in [-0.15, -0.1) is 0 Å². The van der Waals surface area contributed by atoms with Crippen LogP contribution in [0.5, 0.6) is 0 Å². The number of anilines is 4.